The zero-order chi connectivity index (χ0) is 32.6. The molecule has 5 aliphatic carbocycles. The number of alkyl carbamates (subject to hydrolysis) is 1. The molecule has 7 nitrogen and oxygen atoms in total. The van der Waals surface area contributed by atoms with E-state index in [1.165, 1.54) is 24.0 Å². The van der Waals surface area contributed by atoms with E-state index in [1.54, 1.807) is 6.92 Å². The molecule has 3 unspecified atom stereocenters. The van der Waals surface area contributed by atoms with Gasteiger partial charge in [0.2, 0.25) is 0 Å². The largest absolute Gasteiger partial charge is 0.462 e. The first-order valence-corrected chi connectivity index (χ1v) is 18.2. The van der Waals surface area contributed by atoms with Crippen molar-refractivity contribution in [1.29, 1.82) is 0 Å². The van der Waals surface area contributed by atoms with E-state index in [2.05, 4.69) is 58.7 Å². The smallest absolute Gasteiger partial charge is 0.407 e. The molecule has 4 saturated carbocycles. The molecule has 1 N–H and O–H groups in total. The Morgan fingerprint density at radius 1 is 0.956 bits per heavy atom. The highest BCUT2D eigenvalue weighted by atomic mass is 16.6. The van der Waals surface area contributed by atoms with Crippen molar-refractivity contribution in [1.82, 2.24) is 10.2 Å². The number of hydrogen-bond donors (Lipinski definition) is 1. The fourth-order valence-electron chi connectivity index (χ4n) is 12.5. The molecule has 0 aromatic heterocycles. The van der Waals surface area contributed by atoms with Gasteiger partial charge in [-0.2, -0.15) is 0 Å². The van der Waals surface area contributed by atoms with Crippen molar-refractivity contribution >= 4 is 17.8 Å². The van der Waals surface area contributed by atoms with E-state index in [0.29, 0.717) is 24.9 Å². The average molecular weight is 625 g/mol. The quantitative estimate of drug-likeness (QED) is 0.244. The van der Waals surface area contributed by atoms with E-state index in [-0.39, 0.29) is 57.4 Å². The number of ketones is 1. The molecule has 1 aliphatic heterocycles. The molecule has 8 atom stereocenters. The van der Waals surface area contributed by atoms with Crippen LogP contribution in [0.3, 0.4) is 0 Å². The predicted molar refractivity (Wildman–Crippen MR) is 175 cm³/mol. The molecule has 7 heteroatoms. The van der Waals surface area contributed by atoms with Crippen LogP contribution in [-0.4, -0.2) is 60.6 Å². The molecule has 1 amide bonds. The van der Waals surface area contributed by atoms with Crippen molar-refractivity contribution in [3.63, 3.8) is 0 Å². The monoisotopic (exact) mass is 624 g/mol. The SMILES string of the molecule is CC(=O)O[C@H]1CC[C@@]2(C)C(CC[C@]3(C)C2CCC2=C4C(C(C)C)C(=O)C[C@]4(NC(=O)OCCN4CCCC4)CC[C@]23C)C1(C)C. The van der Waals surface area contributed by atoms with Crippen molar-refractivity contribution in [3.8, 4) is 0 Å². The zero-order valence-electron chi connectivity index (χ0n) is 29.5. The molecular formula is C38H60N2O5. The van der Waals surface area contributed by atoms with E-state index in [0.717, 1.165) is 71.0 Å². The molecule has 0 aromatic carbocycles. The molecule has 0 radical (unpaired) electrons. The lowest BCUT2D eigenvalue weighted by atomic mass is 9.34. The number of rotatable bonds is 6. The van der Waals surface area contributed by atoms with Crippen molar-refractivity contribution in [2.24, 2.45) is 45.3 Å². The van der Waals surface area contributed by atoms with Gasteiger partial charge in [-0.15, -0.1) is 0 Å². The summed E-state index contributed by atoms with van der Waals surface area (Å²) in [4.78, 5) is 41.6. The second kappa shape index (κ2) is 11.4. The number of Topliss-reactive ketones (excluding diaryl/α,β-unsaturated/α-hetero) is 1. The van der Waals surface area contributed by atoms with E-state index < -0.39 is 5.54 Å². The first-order valence-electron chi connectivity index (χ1n) is 18.2. The van der Waals surface area contributed by atoms with Crippen molar-refractivity contribution in [2.45, 2.75) is 138 Å². The topological polar surface area (TPSA) is 84.9 Å². The number of amides is 1. The summed E-state index contributed by atoms with van der Waals surface area (Å²) in [5.74, 6) is 1.21. The van der Waals surface area contributed by atoms with Gasteiger partial charge in [0.15, 0.2) is 0 Å². The van der Waals surface area contributed by atoms with Crippen LogP contribution in [0.25, 0.3) is 0 Å². The minimum atomic E-state index is -0.625. The van der Waals surface area contributed by atoms with Gasteiger partial charge in [0.1, 0.15) is 18.5 Å². The number of likely N-dealkylation sites (tertiary alicyclic amines) is 1. The van der Waals surface area contributed by atoms with Gasteiger partial charge in [-0.3, -0.25) is 14.5 Å². The molecular weight excluding hydrogens is 564 g/mol. The second-order valence-electron chi connectivity index (χ2n) is 17.5. The van der Waals surface area contributed by atoms with Crippen LogP contribution in [0.2, 0.25) is 0 Å². The molecule has 0 aromatic rings. The second-order valence-corrected chi connectivity index (χ2v) is 17.5. The molecule has 6 rings (SSSR count). The third kappa shape index (κ3) is 5.03. The van der Waals surface area contributed by atoms with E-state index in [9.17, 15) is 14.4 Å². The lowest BCUT2D eigenvalue weighted by Gasteiger charge is -2.70. The normalized spacial score (nSPS) is 42.5. The van der Waals surface area contributed by atoms with Crippen LogP contribution >= 0.6 is 0 Å². The molecule has 45 heavy (non-hydrogen) atoms. The van der Waals surface area contributed by atoms with Crippen LogP contribution < -0.4 is 5.32 Å². The maximum atomic E-state index is 13.8. The van der Waals surface area contributed by atoms with Crippen molar-refractivity contribution < 1.29 is 23.9 Å². The molecule has 1 saturated heterocycles. The Morgan fingerprint density at radius 3 is 2.33 bits per heavy atom. The highest BCUT2D eigenvalue weighted by Gasteiger charge is 2.69. The molecule has 0 spiro atoms. The third-order valence-electron chi connectivity index (χ3n) is 14.8. The standard InChI is InChI=1S/C38H60N2O5/c1-24(2)31-27(42)23-38(39-33(43)44-22-21-40-19-9-10-20-40)18-17-36(7)26(32(31)38)11-12-29-35(6)15-14-30(45-25(3)41)34(4,5)28(35)13-16-37(29,36)8/h24,28-31H,9-23H2,1-8H3,(H,39,43)/t28?,29?,30-,31?,35-,36+,37+,38+/m0/s1. The van der Waals surface area contributed by atoms with Crippen LogP contribution in [0, 0.1) is 45.3 Å². The number of carbonyl (C=O) groups is 3. The fourth-order valence-corrected chi connectivity index (χ4v) is 12.5. The van der Waals surface area contributed by atoms with Crippen LogP contribution in [-0.2, 0) is 19.1 Å². The number of ether oxygens (including phenoxy) is 2. The Balaban J connectivity index is 1.32. The Morgan fingerprint density at radius 2 is 1.67 bits per heavy atom. The van der Waals surface area contributed by atoms with Gasteiger partial charge in [-0.1, -0.05) is 54.0 Å². The van der Waals surface area contributed by atoms with Gasteiger partial charge in [-0.05, 0) is 117 Å². The van der Waals surface area contributed by atoms with Gasteiger partial charge >= 0.3 is 12.1 Å². The van der Waals surface area contributed by atoms with Crippen LogP contribution in [0.5, 0.6) is 0 Å². The van der Waals surface area contributed by atoms with Crippen LogP contribution in [0.4, 0.5) is 4.79 Å². The summed E-state index contributed by atoms with van der Waals surface area (Å²) >= 11 is 0. The Bertz CT molecular complexity index is 1250. The number of nitrogens with one attached hydrogen (secondary N) is 1. The van der Waals surface area contributed by atoms with Gasteiger partial charge in [0.05, 0.1) is 5.54 Å². The number of allylic oxidation sites excluding steroid dienone is 1. The summed E-state index contributed by atoms with van der Waals surface area (Å²) in [6.07, 6.45) is 10.6. The Labute approximate surface area is 272 Å². The molecule has 1 heterocycles. The summed E-state index contributed by atoms with van der Waals surface area (Å²) in [5, 5.41) is 3.35. The lowest BCUT2D eigenvalue weighted by Crippen LogP contribution is -2.65. The summed E-state index contributed by atoms with van der Waals surface area (Å²) in [5.41, 5.74) is 2.27. The van der Waals surface area contributed by atoms with Crippen molar-refractivity contribution in [3.05, 3.63) is 11.1 Å². The highest BCUT2D eigenvalue weighted by molar-refractivity contribution is 5.92. The van der Waals surface area contributed by atoms with Crippen LogP contribution in [0.1, 0.15) is 126 Å². The molecule has 0 bridgehead atoms. The van der Waals surface area contributed by atoms with E-state index >= 15 is 0 Å². The summed E-state index contributed by atoms with van der Waals surface area (Å²) in [6, 6.07) is 0. The molecule has 6 aliphatic rings. The average Bonchev–Trinajstić information content (AvgIpc) is 3.56. The fraction of sp³-hybridized carbons (Fsp3) is 0.868. The number of fused-ring (bicyclic) bond motifs is 6. The third-order valence-corrected chi connectivity index (χ3v) is 14.8. The van der Waals surface area contributed by atoms with E-state index in [1.807, 2.05) is 0 Å². The lowest BCUT2D eigenvalue weighted by molar-refractivity contribution is -0.212. The Hall–Kier alpha value is -1.89. The minimum Gasteiger partial charge on any atom is -0.462 e. The first kappa shape index (κ1) is 33.0. The van der Waals surface area contributed by atoms with Gasteiger partial charge in [-0.25, -0.2) is 4.79 Å². The molecule has 252 valence electrons. The van der Waals surface area contributed by atoms with Gasteiger partial charge in [0.25, 0.3) is 0 Å². The minimum absolute atomic E-state index is 0.0259. The summed E-state index contributed by atoms with van der Waals surface area (Å²) in [6.45, 7) is 21.5. The van der Waals surface area contributed by atoms with Gasteiger partial charge in [0, 0.05) is 31.2 Å². The number of nitrogens with zero attached hydrogens (tertiary/aromatic N) is 1. The first-order chi connectivity index (χ1) is 21.1. The Kier molecular flexibility index (Phi) is 8.35. The number of esters is 1. The molecule has 5 fully saturated rings. The summed E-state index contributed by atoms with van der Waals surface area (Å²) < 4.78 is 11.7. The highest BCUT2D eigenvalue weighted by Crippen LogP contribution is 2.75. The number of hydrogen-bond acceptors (Lipinski definition) is 6. The maximum absolute atomic E-state index is 13.8. The van der Waals surface area contributed by atoms with Crippen LogP contribution in [0.15, 0.2) is 11.1 Å². The predicted octanol–water partition coefficient (Wildman–Crippen LogP) is 7.47. The van der Waals surface area contributed by atoms with Crippen molar-refractivity contribution in [2.75, 3.05) is 26.2 Å². The van der Waals surface area contributed by atoms with E-state index in [4.69, 9.17) is 9.47 Å². The zero-order valence-corrected chi connectivity index (χ0v) is 29.5. The summed E-state index contributed by atoms with van der Waals surface area (Å²) in [7, 11) is 0. The van der Waals surface area contributed by atoms with Gasteiger partial charge < -0.3 is 14.8 Å². The number of carbonyl (C=O) groups excluding carboxylic acids is 3. The maximum Gasteiger partial charge on any atom is 0.407 e.